The molecule has 0 aliphatic carbocycles. The lowest BCUT2D eigenvalue weighted by Crippen LogP contribution is -2.07. The van der Waals surface area contributed by atoms with Crippen molar-refractivity contribution in [1.29, 1.82) is 0 Å². The highest BCUT2D eigenvalue weighted by molar-refractivity contribution is 5.88. The number of ether oxygens (including phenoxy) is 1. The van der Waals surface area contributed by atoms with E-state index in [0.29, 0.717) is 0 Å². The molecule has 0 saturated heterocycles. The summed E-state index contributed by atoms with van der Waals surface area (Å²) in [6, 6.07) is 9.40. The van der Waals surface area contributed by atoms with E-state index in [2.05, 4.69) is 0 Å². The average Bonchev–Trinajstić information content (AvgIpc) is 2.26. The van der Waals surface area contributed by atoms with Crippen LogP contribution in [-0.4, -0.2) is 11.1 Å². The lowest BCUT2D eigenvalue weighted by molar-refractivity contribution is -0.140. The molecule has 0 fully saturated rings. The molecule has 0 amide bonds. The lowest BCUT2D eigenvalue weighted by atomic mass is 10.2. The first kappa shape index (κ1) is 11.3. The number of esters is 1. The summed E-state index contributed by atoms with van der Waals surface area (Å²) in [4.78, 5) is 11.3. The fourth-order valence-corrected chi connectivity index (χ4v) is 0.979. The Morgan fingerprint density at radius 2 is 1.87 bits per heavy atom. The van der Waals surface area contributed by atoms with Crippen molar-refractivity contribution in [3.63, 3.8) is 0 Å². The molecule has 1 aromatic rings. The van der Waals surface area contributed by atoms with Crippen molar-refractivity contribution in [2.45, 2.75) is 20.5 Å². The van der Waals surface area contributed by atoms with E-state index in [-0.39, 0.29) is 17.9 Å². The molecule has 0 aliphatic heterocycles. The zero-order valence-corrected chi connectivity index (χ0v) is 8.86. The molecule has 0 unspecified atom stereocenters. The predicted molar refractivity (Wildman–Crippen MR) is 57.2 cm³/mol. The van der Waals surface area contributed by atoms with Gasteiger partial charge in [0, 0.05) is 0 Å². The van der Waals surface area contributed by atoms with Crippen LogP contribution in [0.15, 0.2) is 41.7 Å². The largest absolute Gasteiger partial charge is 0.512 e. The Labute approximate surface area is 89.0 Å². The highest BCUT2D eigenvalue weighted by Crippen LogP contribution is 2.06. The predicted octanol–water partition coefficient (Wildman–Crippen LogP) is 2.58. The van der Waals surface area contributed by atoms with Crippen LogP contribution < -0.4 is 0 Å². The molecule has 1 rings (SSSR count). The molecule has 1 N–H and O–H groups in total. The molecule has 15 heavy (non-hydrogen) atoms. The molecule has 80 valence electrons. The Hall–Kier alpha value is -1.77. The molecule has 0 aromatic heterocycles. The van der Waals surface area contributed by atoms with Crippen LogP contribution in [0.2, 0.25) is 0 Å². The minimum atomic E-state index is -0.487. The Morgan fingerprint density at radius 1 is 1.27 bits per heavy atom. The van der Waals surface area contributed by atoms with Gasteiger partial charge in [0.2, 0.25) is 0 Å². The summed E-state index contributed by atoms with van der Waals surface area (Å²) in [6.45, 7) is 3.21. The van der Waals surface area contributed by atoms with Gasteiger partial charge in [0.1, 0.15) is 6.61 Å². The van der Waals surface area contributed by atoms with E-state index >= 15 is 0 Å². The molecule has 3 heteroatoms. The number of hydrogen-bond donors (Lipinski definition) is 1. The maximum absolute atomic E-state index is 11.3. The van der Waals surface area contributed by atoms with Crippen molar-refractivity contribution in [2.75, 3.05) is 0 Å². The van der Waals surface area contributed by atoms with Crippen molar-refractivity contribution in [3.8, 4) is 0 Å². The maximum Gasteiger partial charge on any atom is 0.337 e. The van der Waals surface area contributed by atoms with Gasteiger partial charge in [-0.25, -0.2) is 4.79 Å². The van der Waals surface area contributed by atoms with Gasteiger partial charge in [0.15, 0.2) is 0 Å². The van der Waals surface area contributed by atoms with Crippen LogP contribution in [0, 0.1) is 0 Å². The molecule has 0 aliphatic rings. The first-order valence-corrected chi connectivity index (χ1v) is 4.68. The lowest BCUT2D eigenvalue weighted by Gasteiger charge is -2.05. The quantitative estimate of drug-likeness (QED) is 0.469. The van der Waals surface area contributed by atoms with Crippen molar-refractivity contribution in [3.05, 3.63) is 47.2 Å². The Morgan fingerprint density at radius 3 is 2.40 bits per heavy atom. The number of aliphatic hydroxyl groups is 1. The number of carbonyl (C=O) groups is 1. The number of hydrogen-bond acceptors (Lipinski definition) is 3. The normalized spacial score (nSPS) is 11.9. The second kappa shape index (κ2) is 5.20. The molecule has 0 spiro atoms. The summed E-state index contributed by atoms with van der Waals surface area (Å²) in [7, 11) is 0. The van der Waals surface area contributed by atoms with E-state index in [1.165, 1.54) is 13.8 Å². The highest BCUT2D eigenvalue weighted by Gasteiger charge is 2.08. The van der Waals surface area contributed by atoms with Gasteiger partial charge in [-0.1, -0.05) is 30.3 Å². The third kappa shape index (κ3) is 3.46. The fraction of sp³-hybridized carbons (Fsp3) is 0.250. The summed E-state index contributed by atoms with van der Waals surface area (Å²) < 4.78 is 4.99. The van der Waals surface area contributed by atoms with Gasteiger partial charge in [-0.2, -0.15) is 0 Å². The zero-order valence-electron chi connectivity index (χ0n) is 8.86. The van der Waals surface area contributed by atoms with Crippen LogP contribution in [0.1, 0.15) is 19.4 Å². The van der Waals surface area contributed by atoms with Gasteiger partial charge >= 0.3 is 5.97 Å². The molecule has 0 atom stereocenters. The minimum absolute atomic E-state index is 0.00642. The fourth-order valence-electron chi connectivity index (χ4n) is 0.979. The van der Waals surface area contributed by atoms with E-state index in [1.54, 1.807) is 0 Å². The average molecular weight is 206 g/mol. The molecule has 1 aromatic carbocycles. The van der Waals surface area contributed by atoms with Crippen LogP contribution >= 0.6 is 0 Å². The number of aliphatic hydroxyl groups excluding tert-OH is 1. The Kier molecular flexibility index (Phi) is 3.92. The van der Waals surface area contributed by atoms with Gasteiger partial charge in [0.05, 0.1) is 11.3 Å². The summed E-state index contributed by atoms with van der Waals surface area (Å²) in [5.41, 5.74) is 1.17. The van der Waals surface area contributed by atoms with Gasteiger partial charge in [-0.05, 0) is 19.4 Å². The smallest absolute Gasteiger partial charge is 0.337 e. The van der Waals surface area contributed by atoms with Gasteiger partial charge < -0.3 is 9.84 Å². The molecular weight excluding hydrogens is 192 g/mol. The summed E-state index contributed by atoms with van der Waals surface area (Å²) >= 11 is 0. The number of benzene rings is 1. The first-order chi connectivity index (χ1) is 7.11. The third-order valence-corrected chi connectivity index (χ3v) is 2.06. The van der Waals surface area contributed by atoms with Crippen LogP contribution in [0.3, 0.4) is 0 Å². The standard InChI is InChI=1S/C12H14O3/c1-9(10(2)13)12(14)15-8-11-6-4-3-5-7-11/h3-7,13H,8H2,1-2H3. The minimum Gasteiger partial charge on any atom is -0.512 e. The summed E-state index contributed by atoms with van der Waals surface area (Å²) in [6.07, 6.45) is 0. The second-order valence-corrected chi connectivity index (χ2v) is 3.27. The van der Waals surface area contributed by atoms with E-state index in [4.69, 9.17) is 9.84 Å². The van der Waals surface area contributed by atoms with E-state index in [0.717, 1.165) is 5.56 Å². The summed E-state index contributed by atoms with van der Waals surface area (Å²) in [5.74, 6) is -0.494. The molecule has 3 nitrogen and oxygen atoms in total. The van der Waals surface area contributed by atoms with Crippen LogP contribution in [0.4, 0.5) is 0 Å². The zero-order chi connectivity index (χ0) is 11.3. The van der Waals surface area contributed by atoms with Gasteiger partial charge in [-0.3, -0.25) is 0 Å². The molecule has 0 saturated carbocycles. The van der Waals surface area contributed by atoms with Crippen molar-refractivity contribution in [1.82, 2.24) is 0 Å². The van der Waals surface area contributed by atoms with Gasteiger partial charge in [0.25, 0.3) is 0 Å². The van der Waals surface area contributed by atoms with Crippen LogP contribution in [0.5, 0.6) is 0 Å². The Balaban J connectivity index is 2.52. The van der Waals surface area contributed by atoms with E-state index < -0.39 is 5.97 Å². The maximum atomic E-state index is 11.3. The van der Waals surface area contributed by atoms with Crippen molar-refractivity contribution >= 4 is 5.97 Å². The third-order valence-electron chi connectivity index (χ3n) is 2.06. The monoisotopic (exact) mass is 206 g/mol. The number of rotatable bonds is 3. The van der Waals surface area contributed by atoms with Crippen molar-refractivity contribution in [2.24, 2.45) is 0 Å². The molecular formula is C12H14O3. The topological polar surface area (TPSA) is 46.5 Å². The molecule has 0 heterocycles. The van der Waals surface area contributed by atoms with Crippen LogP contribution in [-0.2, 0) is 16.1 Å². The number of allylic oxidation sites excluding steroid dienone is 1. The number of carbonyl (C=O) groups excluding carboxylic acids is 1. The van der Waals surface area contributed by atoms with Crippen LogP contribution in [0.25, 0.3) is 0 Å². The molecule has 0 bridgehead atoms. The first-order valence-electron chi connectivity index (χ1n) is 4.68. The van der Waals surface area contributed by atoms with E-state index in [9.17, 15) is 4.79 Å². The van der Waals surface area contributed by atoms with E-state index in [1.807, 2.05) is 30.3 Å². The highest BCUT2D eigenvalue weighted by atomic mass is 16.5. The van der Waals surface area contributed by atoms with Gasteiger partial charge in [-0.15, -0.1) is 0 Å². The Bertz CT molecular complexity index is 362. The molecule has 0 radical (unpaired) electrons. The van der Waals surface area contributed by atoms with Crippen molar-refractivity contribution < 1.29 is 14.6 Å². The SMILES string of the molecule is CC(O)=C(C)C(=O)OCc1ccccc1. The second-order valence-electron chi connectivity index (χ2n) is 3.27. The summed E-state index contributed by atoms with van der Waals surface area (Å²) in [5, 5.41) is 9.07.